The topological polar surface area (TPSA) is 62.1 Å². The van der Waals surface area contributed by atoms with E-state index in [1.807, 2.05) is 0 Å². The van der Waals surface area contributed by atoms with Gasteiger partial charge in [-0.15, -0.1) is 0 Å². The summed E-state index contributed by atoms with van der Waals surface area (Å²) in [7, 11) is 1.50. The molecule has 96 valence electrons. The van der Waals surface area contributed by atoms with Gasteiger partial charge in [0.15, 0.2) is 0 Å². The van der Waals surface area contributed by atoms with Crippen molar-refractivity contribution in [1.29, 1.82) is 5.26 Å². The molecule has 1 unspecified atom stereocenters. The molecule has 0 aromatic heterocycles. The van der Waals surface area contributed by atoms with Gasteiger partial charge in [0.25, 0.3) is 0 Å². The number of nitriles is 1. The summed E-state index contributed by atoms with van der Waals surface area (Å²) in [5, 5.41) is 12.2. The van der Waals surface area contributed by atoms with Crippen molar-refractivity contribution in [2.45, 2.75) is 63.5 Å². The highest BCUT2D eigenvalue weighted by molar-refractivity contribution is 5.81. The highest BCUT2D eigenvalue weighted by Gasteiger charge is 2.33. The number of carbonyl (C=O) groups excluding carboxylic acids is 1. The van der Waals surface area contributed by atoms with E-state index in [0.717, 1.165) is 38.5 Å². The predicted molar refractivity (Wildman–Crippen MR) is 65.3 cm³/mol. The molecule has 1 atom stereocenters. The van der Waals surface area contributed by atoms with Gasteiger partial charge in [0.05, 0.1) is 6.07 Å². The molecule has 1 fully saturated rings. The Bertz CT molecular complexity index is 288. The van der Waals surface area contributed by atoms with Gasteiger partial charge in [0.2, 0.25) is 5.91 Å². The molecule has 1 amide bonds. The van der Waals surface area contributed by atoms with Crippen LogP contribution in [0.5, 0.6) is 0 Å². The van der Waals surface area contributed by atoms with Crippen molar-refractivity contribution in [3.8, 4) is 6.07 Å². The number of hydrogen-bond acceptors (Lipinski definition) is 3. The number of methoxy groups -OCH3 is 1. The third kappa shape index (κ3) is 4.01. The average Bonchev–Trinajstić information content (AvgIpc) is 2.31. The summed E-state index contributed by atoms with van der Waals surface area (Å²) in [6.07, 6.45) is 6.58. The van der Waals surface area contributed by atoms with Crippen LogP contribution < -0.4 is 5.32 Å². The van der Waals surface area contributed by atoms with Gasteiger partial charge >= 0.3 is 0 Å². The van der Waals surface area contributed by atoms with Crippen LogP contribution in [0.1, 0.15) is 51.9 Å². The lowest BCUT2D eigenvalue weighted by Gasteiger charge is -2.30. The second kappa shape index (κ2) is 6.61. The summed E-state index contributed by atoms with van der Waals surface area (Å²) in [5.41, 5.74) is -0.676. The summed E-state index contributed by atoms with van der Waals surface area (Å²) in [4.78, 5) is 11.8. The quantitative estimate of drug-likeness (QED) is 0.819. The Hall–Kier alpha value is -1.08. The molecule has 4 heteroatoms. The van der Waals surface area contributed by atoms with Crippen LogP contribution in [0.4, 0.5) is 0 Å². The number of nitrogens with zero attached hydrogens (tertiary/aromatic N) is 1. The standard InChI is InChI=1S/C13H22N2O2/c1-11(17-2)12(16)15-13(10-14)8-6-4-3-5-7-9-13/h11H,3-9H2,1-2H3,(H,15,16). The number of carbonyl (C=O) groups is 1. The number of rotatable bonds is 3. The summed E-state index contributed by atoms with van der Waals surface area (Å²) in [5.74, 6) is -0.186. The first-order chi connectivity index (χ1) is 8.13. The zero-order valence-electron chi connectivity index (χ0n) is 10.8. The van der Waals surface area contributed by atoms with Crippen molar-refractivity contribution in [2.24, 2.45) is 0 Å². The van der Waals surface area contributed by atoms with Crippen LogP contribution >= 0.6 is 0 Å². The largest absolute Gasteiger partial charge is 0.372 e. The molecule has 17 heavy (non-hydrogen) atoms. The van der Waals surface area contributed by atoms with E-state index in [1.165, 1.54) is 13.5 Å². The monoisotopic (exact) mass is 238 g/mol. The molecule has 1 N–H and O–H groups in total. The number of ether oxygens (including phenoxy) is 1. The molecular weight excluding hydrogens is 216 g/mol. The summed E-state index contributed by atoms with van der Waals surface area (Å²) >= 11 is 0. The van der Waals surface area contributed by atoms with E-state index in [1.54, 1.807) is 6.92 Å². The van der Waals surface area contributed by atoms with Crippen molar-refractivity contribution >= 4 is 5.91 Å². The van der Waals surface area contributed by atoms with Crippen molar-refractivity contribution in [3.63, 3.8) is 0 Å². The first-order valence-electron chi connectivity index (χ1n) is 6.39. The summed E-state index contributed by atoms with van der Waals surface area (Å²) < 4.78 is 4.98. The van der Waals surface area contributed by atoms with Crippen LogP contribution in [0.3, 0.4) is 0 Å². The fourth-order valence-corrected chi connectivity index (χ4v) is 2.22. The second-order valence-corrected chi connectivity index (χ2v) is 4.83. The Morgan fingerprint density at radius 2 is 1.82 bits per heavy atom. The van der Waals surface area contributed by atoms with Crippen molar-refractivity contribution in [3.05, 3.63) is 0 Å². The Balaban J connectivity index is 2.66. The van der Waals surface area contributed by atoms with Gasteiger partial charge in [0, 0.05) is 7.11 Å². The molecule has 0 heterocycles. The van der Waals surface area contributed by atoms with Crippen LogP contribution in [0.15, 0.2) is 0 Å². The molecule has 0 aliphatic heterocycles. The van der Waals surface area contributed by atoms with Crippen LogP contribution in [0.2, 0.25) is 0 Å². The minimum atomic E-state index is -0.676. The maximum Gasteiger partial charge on any atom is 0.250 e. The second-order valence-electron chi connectivity index (χ2n) is 4.83. The molecule has 1 saturated carbocycles. The lowest BCUT2D eigenvalue weighted by atomic mass is 9.85. The van der Waals surface area contributed by atoms with Gasteiger partial charge in [-0.2, -0.15) is 5.26 Å². The summed E-state index contributed by atoms with van der Waals surface area (Å²) in [6, 6.07) is 2.31. The fraction of sp³-hybridized carbons (Fsp3) is 0.846. The van der Waals surface area contributed by atoms with Gasteiger partial charge in [0.1, 0.15) is 11.6 Å². The highest BCUT2D eigenvalue weighted by atomic mass is 16.5. The van der Waals surface area contributed by atoms with E-state index in [4.69, 9.17) is 4.74 Å². The molecule has 4 nitrogen and oxygen atoms in total. The molecule has 0 radical (unpaired) electrons. The van der Waals surface area contributed by atoms with E-state index in [0.29, 0.717) is 0 Å². The third-order valence-corrected chi connectivity index (χ3v) is 3.51. The van der Waals surface area contributed by atoms with E-state index >= 15 is 0 Å². The normalized spacial score (nSPS) is 21.7. The zero-order valence-corrected chi connectivity index (χ0v) is 10.8. The molecule has 1 aliphatic rings. The molecule has 0 bridgehead atoms. The van der Waals surface area contributed by atoms with Crippen molar-refractivity contribution < 1.29 is 9.53 Å². The van der Waals surface area contributed by atoms with E-state index in [-0.39, 0.29) is 5.91 Å². The molecule has 0 saturated heterocycles. The molecule has 0 aromatic carbocycles. The summed E-state index contributed by atoms with van der Waals surface area (Å²) in [6.45, 7) is 1.70. The Morgan fingerprint density at radius 1 is 1.29 bits per heavy atom. The smallest absolute Gasteiger partial charge is 0.250 e. The fourth-order valence-electron chi connectivity index (χ4n) is 2.22. The van der Waals surface area contributed by atoms with Crippen LogP contribution in [-0.2, 0) is 9.53 Å². The third-order valence-electron chi connectivity index (χ3n) is 3.51. The lowest BCUT2D eigenvalue weighted by molar-refractivity contribution is -0.131. The van der Waals surface area contributed by atoms with E-state index in [2.05, 4.69) is 11.4 Å². The first kappa shape index (κ1) is 14.0. The average molecular weight is 238 g/mol. The Morgan fingerprint density at radius 3 is 2.29 bits per heavy atom. The van der Waals surface area contributed by atoms with Gasteiger partial charge < -0.3 is 10.1 Å². The SMILES string of the molecule is COC(C)C(=O)NC1(C#N)CCCCCCC1. The van der Waals surface area contributed by atoms with Gasteiger partial charge in [-0.3, -0.25) is 4.79 Å². The lowest BCUT2D eigenvalue weighted by Crippen LogP contribution is -2.51. The van der Waals surface area contributed by atoms with Crippen LogP contribution in [0.25, 0.3) is 0 Å². The molecule has 1 aliphatic carbocycles. The minimum absolute atomic E-state index is 0.186. The Kier molecular flexibility index (Phi) is 5.43. The van der Waals surface area contributed by atoms with Crippen molar-refractivity contribution in [1.82, 2.24) is 5.32 Å². The highest BCUT2D eigenvalue weighted by Crippen LogP contribution is 2.26. The molecule has 0 spiro atoms. The van der Waals surface area contributed by atoms with Crippen molar-refractivity contribution in [2.75, 3.05) is 7.11 Å². The van der Waals surface area contributed by atoms with Gasteiger partial charge in [-0.25, -0.2) is 0 Å². The van der Waals surface area contributed by atoms with E-state index < -0.39 is 11.6 Å². The molecule has 1 rings (SSSR count). The number of nitrogens with one attached hydrogen (secondary N) is 1. The zero-order chi connectivity index (χ0) is 12.7. The minimum Gasteiger partial charge on any atom is -0.372 e. The van der Waals surface area contributed by atoms with Gasteiger partial charge in [-0.05, 0) is 19.8 Å². The predicted octanol–water partition coefficient (Wildman–Crippen LogP) is 2.14. The number of hydrogen-bond donors (Lipinski definition) is 1. The van der Waals surface area contributed by atoms with E-state index in [9.17, 15) is 10.1 Å². The maximum atomic E-state index is 11.8. The molecular formula is C13H22N2O2. The number of amides is 1. The maximum absolute atomic E-state index is 11.8. The van der Waals surface area contributed by atoms with Crippen LogP contribution in [0, 0.1) is 11.3 Å². The van der Waals surface area contributed by atoms with Gasteiger partial charge in [-0.1, -0.05) is 32.1 Å². The Labute approximate surface area is 103 Å². The molecule has 0 aromatic rings. The van der Waals surface area contributed by atoms with Crippen LogP contribution in [-0.4, -0.2) is 24.7 Å². The first-order valence-corrected chi connectivity index (χ1v) is 6.39.